The summed E-state index contributed by atoms with van der Waals surface area (Å²) in [6.07, 6.45) is 0. The number of nitrogens with one attached hydrogen (secondary N) is 1. The van der Waals surface area contributed by atoms with Crippen molar-refractivity contribution in [2.45, 2.75) is 34.6 Å². The van der Waals surface area contributed by atoms with E-state index in [1.54, 1.807) is 11.9 Å². The number of likely N-dealkylation sites (N-methyl/N-ethyl adjacent to an activating group) is 1. The van der Waals surface area contributed by atoms with E-state index in [1.807, 2.05) is 46.8 Å². The molecule has 0 atom stereocenters. The van der Waals surface area contributed by atoms with Crippen molar-refractivity contribution in [2.75, 3.05) is 26.7 Å². The number of nitrogens with zero attached hydrogens (tertiary/aromatic N) is 1. The van der Waals surface area contributed by atoms with Gasteiger partial charge in [-0.2, -0.15) is 0 Å². The van der Waals surface area contributed by atoms with E-state index >= 15 is 0 Å². The molecule has 1 N–H and O–H groups in total. The van der Waals surface area contributed by atoms with Crippen molar-refractivity contribution in [3.63, 3.8) is 0 Å². The molecule has 0 aliphatic heterocycles. The second kappa shape index (κ2) is 7.99. The van der Waals surface area contributed by atoms with Gasteiger partial charge >= 0.3 is 0 Å². The van der Waals surface area contributed by atoms with Crippen molar-refractivity contribution < 1.29 is 14.3 Å². The van der Waals surface area contributed by atoms with Crippen LogP contribution in [-0.2, 0) is 9.59 Å². The Morgan fingerprint density at radius 3 is 2.22 bits per heavy atom. The van der Waals surface area contributed by atoms with Gasteiger partial charge in [-0.15, -0.1) is 0 Å². The highest BCUT2D eigenvalue weighted by atomic mass is 16.5. The van der Waals surface area contributed by atoms with E-state index in [1.165, 1.54) is 0 Å². The molecule has 5 heteroatoms. The second-order valence-corrected chi connectivity index (χ2v) is 6.92. The fourth-order valence-electron chi connectivity index (χ4n) is 2.00. The number of hydrogen-bond donors (Lipinski definition) is 1. The van der Waals surface area contributed by atoms with E-state index in [9.17, 15) is 9.59 Å². The summed E-state index contributed by atoms with van der Waals surface area (Å²) in [5, 5.41) is 2.66. The smallest absolute Gasteiger partial charge is 0.241 e. The van der Waals surface area contributed by atoms with Crippen LogP contribution in [0.4, 0.5) is 0 Å². The minimum Gasteiger partial charge on any atom is -0.492 e. The molecule has 0 aliphatic carbocycles. The summed E-state index contributed by atoms with van der Waals surface area (Å²) in [6, 6.07) is 6.02. The van der Waals surface area contributed by atoms with Gasteiger partial charge in [-0.1, -0.05) is 26.8 Å². The van der Waals surface area contributed by atoms with Gasteiger partial charge in [0, 0.05) is 12.5 Å². The van der Waals surface area contributed by atoms with Gasteiger partial charge in [0.05, 0.1) is 13.1 Å². The molecule has 0 radical (unpaired) electrons. The molecule has 0 heterocycles. The fraction of sp³-hybridized carbons (Fsp3) is 0.556. The average molecular weight is 320 g/mol. The topological polar surface area (TPSA) is 58.6 Å². The average Bonchev–Trinajstić information content (AvgIpc) is 2.42. The third kappa shape index (κ3) is 6.72. The van der Waals surface area contributed by atoms with Crippen LogP contribution in [-0.4, -0.2) is 43.5 Å². The summed E-state index contributed by atoms with van der Waals surface area (Å²) >= 11 is 0. The highest BCUT2D eigenvalue weighted by Gasteiger charge is 2.22. The molecular formula is C18H28N2O3. The number of carbonyl (C=O) groups is 2. The van der Waals surface area contributed by atoms with E-state index in [-0.39, 0.29) is 18.4 Å². The third-order valence-corrected chi connectivity index (χ3v) is 3.40. The molecule has 0 unspecified atom stereocenters. The highest BCUT2D eigenvalue weighted by molar-refractivity contribution is 5.87. The molecule has 5 nitrogen and oxygen atoms in total. The first-order chi connectivity index (χ1) is 10.6. The zero-order valence-corrected chi connectivity index (χ0v) is 15.0. The monoisotopic (exact) mass is 320 g/mol. The standard InChI is InChI=1S/C18H28N2O3/c1-13-9-14(2)11-15(10-13)23-8-7-20(6)16(21)12-19-17(22)18(3,4)5/h9-11H,7-8,12H2,1-6H3,(H,19,22). The van der Waals surface area contributed by atoms with E-state index in [0.29, 0.717) is 13.2 Å². The van der Waals surface area contributed by atoms with Crippen molar-refractivity contribution in [3.8, 4) is 5.75 Å². The van der Waals surface area contributed by atoms with Gasteiger partial charge in [-0.05, 0) is 37.1 Å². The summed E-state index contributed by atoms with van der Waals surface area (Å²) < 4.78 is 5.69. The fourth-order valence-corrected chi connectivity index (χ4v) is 2.00. The maximum atomic E-state index is 12.0. The molecule has 0 bridgehead atoms. The Labute approximate surface area is 139 Å². The Bertz CT molecular complexity index is 542. The molecule has 23 heavy (non-hydrogen) atoms. The minimum absolute atomic E-state index is 0.0101. The number of carbonyl (C=O) groups excluding carboxylic acids is 2. The maximum Gasteiger partial charge on any atom is 0.241 e. The molecule has 0 fully saturated rings. The Balaban J connectivity index is 2.37. The lowest BCUT2D eigenvalue weighted by Crippen LogP contribution is -2.43. The predicted molar refractivity (Wildman–Crippen MR) is 91.5 cm³/mol. The lowest BCUT2D eigenvalue weighted by atomic mass is 9.96. The Morgan fingerprint density at radius 1 is 1.13 bits per heavy atom. The predicted octanol–water partition coefficient (Wildman–Crippen LogP) is 2.30. The maximum absolute atomic E-state index is 12.0. The SMILES string of the molecule is Cc1cc(C)cc(OCCN(C)C(=O)CNC(=O)C(C)(C)C)c1. The van der Waals surface area contributed by atoms with Gasteiger partial charge in [0.2, 0.25) is 11.8 Å². The first-order valence-electron chi connectivity index (χ1n) is 7.83. The molecule has 1 aromatic rings. The van der Waals surface area contributed by atoms with E-state index in [2.05, 4.69) is 11.4 Å². The number of aryl methyl sites for hydroxylation is 2. The van der Waals surface area contributed by atoms with Gasteiger partial charge in [0.25, 0.3) is 0 Å². The number of amides is 2. The van der Waals surface area contributed by atoms with Crippen molar-refractivity contribution in [3.05, 3.63) is 29.3 Å². The van der Waals surface area contributed by atoms with Gasteiger partial charge in [-0.25, -0.2) is 0 Å². The van der Waals surface area contributed by atoms with Crippen LogP contribution in [0.3, 0.4) is 0 Å². The molecule has 0 aromatic heterocycles. The first kappa shape index (κ1) is 19.0. The molecule has 1 aromatic carbocycles. The van der Waals surface area contributed by atoms with Crippen LogP contribution in [0.2, 0.25) is 0 Å². The van der Waals surface area contributed by atoms with Crippen LogP contribution >= 0.6 is 0 Å². The minimum atomic E-state index is -0.495. The molecule has 1 rings (SSSR count). The summed E-state index contributed by atoms with van der Waals surface area (Å²) in [5.41, 5.74) is 1.80. The normalized spacial score (nSPS) is 11.0. The number of rotatable bonds is 6. The Morgan fingerprint density at radius 2 is 1.70 bits per heavy atom. The molecule has 0 spiro atoms. The van der Waals surface area contributed by atoms with E-state index in [4.69, 9.17) is 4.74 Å². The second-order valence-electron chi connectivity index (χ2n) is 6.92. The van der Waals surface area contributed by atoms with Crippen molar-refractivity contribution >= 4 is 11.8 Å². The Kier molecular flexibility index (Phi) is 6.61. The molecule has 128 valence electrons. The van der Waals surface area contributed by atoms with Crippen LogP contribution in [0.15, 0.2) is 18.2 Å². The summed E-state index contributed by atoms with van der Waals surface area (Å²) in [6.45, 7) is 10.4. The largest absolute Gasteiger partial charge is 0.492 e. The van der Waals surface area contributed by atoms with Crippen molar-refractivity contribution in [2.24, 2.45) is 5.41 Å². The van der Waals surface area contributed by atoms with Crippen LogP contribution in [0.25, 0.3) is 0 Å². The number of ether oxygens (including phenoxy) is 1. The van der Waals surface area contributed by atoms with Crippen LogP contribution in [0.1, 0.15) is 31.9 Å². The molecule has 0 aliphatic rings. The van der Waals surface area contributed by atoms with E-state index < -0.39 is 5.41 Å². The van der Waals surface area contributed by atoms with Crippen molar-refractivity contribution in [1.82, 2.24) is 10.2 Å². The molecule has 0 saturated carbocycles. The molecule has 0 saturated heterocycles. The van der Waals surface area contributed by atoms with Crippen LogP contribution < -0.4 is 10.1 Å². The number of benzene rings is 1. The van der Waals surface area contributed by atoms with Gasteiger partial charge in [-0.3, -0.25) is 9.59 Å². The lowest BCUT2D eigenvalue weighted by Gasteiger charge is -2.21. The van der Waals surface area contributed by atoms with Gasteiger partial charge in [0.1, 0.15) is 12.4 Å². The number of hydrogen-bond acceptors (Lipinski definition) is 3. The zero-order valence-electron chi connectivity index (χ0n) is 15.0. The first-order valence-corrected chi connectivity index (χ1v) is 7.83. The quantitative estimate of drug-likeness (QED) is 0.875. The lowest BCUT2D eigenvalue weighted by molar-refractivity contribution is -0.134. The van der Waals surface area contributed by atoms with Gasteiger partial charge < -0.3 is 15.0 Å². The summed E-state index contributed by atoms with van der Waals surface area (Å²) in [5.74, 6) is 0.543. The molecular weight excluding hydrogens is 292 g/mol. The third-order valence-electron chi connectivity index (χ3n) is 3.40. The van der Waals surface area contributed by atoms with Crippen LogP contribution in [0.5, 0.6) is 5.75 Å². The van der Waals surface area contributed by atoms with E-state index in [0.717, 1.165) is 16.9 Å². The summed E-state index contributed by atoms with van der Waals surface area (Å²) in [7, 11) is 1.70. The summed E-state index contributed by atoms with van der Waals surface area (Å²) in [4.78, 5) is 25.3. The zero-order chi connectivity index (χ0) is 17.6. The van der Waals surface area contributed by atoms with Crippen molar-refractivity contribution in [1.29, 1.82) is 0 Å². The van der Waals surface area contributed by atoms with Gasteiger partial charge in [0.15, 0.2) is 0 Å². The Hall–Kier alpha value is -2.04. The molecule has 2 amide bonds. The van der Waals surface area contributed by atoms with Crippen LogP contribution in [0, 0.1) is 19.3 Å². The highest BCUT2D eigenvalue weighted by Crippen LogP contribution is 2.16.